The van der Waals surface area contributed by atoms with Gasteiger partial charge in [-0.2, -0.15) is 0 Å². The highest BCUT2D eigenvalue weighted by Crippen LogP contribution is 2.30. The summed E-state index contributed by atoms with van der Waals surface area (Å²) >= 11 is 11.9. The van der Waals surface area contributed by atoms with Gasteiger partial charge in [0, 0.05) is 19.3 Å². The van der Waals surface area contributed by atoms with E-state index in [-0.39, 0.29) is 5.69 Å². The highest BCUT2D eigenvalue weighted by molar-refractivity contribution is 6.42. The highest BCUT2D eigenvalue weighted by Gasteiger charge is 2.12. The SMILES string of the molecule is Cn1c(=O)n(-c2ccc(Oc3ccc(Cl)c(Cl)c3)cc2)c2cnccc21. The van der Waals surface area contributed by atoms with Crippen molar-refractivity contribution in [1.82, 2.24) is 14.1 Å². The topological polar surface area (TPSA) is 49.0 Å². The van der Waals surface area contributed by atoms with E-state index in [0.717, 1.165) is 16.7 Å². The van der Waals surface area contributed by atoms with E-state index >= 15 is 0 Å². The zero-order valence-electron chi connectivity index (χ0n) is 13.7. The molecule has 0 aliphatic heterocycles. The fourth-order valence-corrected chi connectivity index (χ4v) is 3.07. The summed E-state index contributed by atoms with van der Waals surface area (Å²) in [4.78, 5) is 16.7. The molecule has 0 N–H and O–H groups in total. The van der Waals surface area contributed by atoms with Crippen molar-refractivity contribution in [2.24, 2.45) is 7.05 Å². The van der Waals surface area contributed by atoms with Crippen molar-refractivity contribution in [3.05, 3.63) is 81.5 Å². The van der Waals surface area contributed by atoms with Crippen LogP contribution in [0.5, 0.6) is 11.5 Å². The summed E-state index contributed by atoms with van der Waals surface area (Å²) in [6.07, 6.45) is 3.34. The molecule has 4 aromatic rings. The van der Waals surface area contributed by atoms with E-state index in [0.29, 0.717) is 21.5 Å². The lowest BCUT2D eigenvalue weighted by atomic mass is 10.3. The van der Waals surface area contributed by atoms with Crippen LogP contribution in [0.25, 0.3) is 16.7 Å². The molecule has 7 heteroatoms. The first-order valence-electron chi connectivity index (χ1n) is 7.79. The molecule has 2 heterocycles. The molecule has 0 unspecified atom stereocenters. The first-order valence-corrected chi connectivity index (χ1v) is 8.55. The quantitative estimate of drug-likeness (QED) is 0.507. The van der Waals surface area contributed by atoms with Crippen LogP contribution < -0.4 is 10.4 Å². The fraction of sp³-hybridized carbons (Fsp3) is 0.0526. The molecule has 0 bridgehead atoms. The molecular weight excluding hydrogens is 373 g/mol. The van der Waals surface area contributed by atoms with Crippen molar-refractivity contribution < 1.29 is 4.74 Å². The molecule has 0 radical (unpaired) electrons. The predicted octanol–water partition coefficient (Wildman–Crippen LogP) is 4.82. The van der Waals surface area contributed by atoms with Crippen LogP contribution in [0.4, 0.5) is 0 Å². The Hall–Kier alpha value is -2.76. The van der Waals surface area contributed by atoms with Gasteiger partial charge in [-0.15, -0.1) is 0 Å². The zero-order chi connectivity index (χ0) is 18.3. The Morgan fingerprint density at radius 3 is 2.38 bits per heavy atom. The molecule has 0 saturated carbocycles. The van der Waals surface area contributed by atoms with Crippen molar-refractivity contribution >= 4 is 34.2 Å². The van der Waals surface area contributed by atoms with E-state index in [1.165, 1.54) is 0 Å². The minimum Gasteiger partial charge on any atom is -0.457 e. The second kappa shape index (κ2) is 6.52. The van der Waals surface area contributed by atoms with Crippen LogP contribution in [0, 0.1) is 0 Å². The minimum absolute atomic E-state index is 0.133. The monoisotopic (exact) mass is 385 g/mol. The third-order valence-corrected chi connectivity index (χ3v) is 4.82. The van der Waals surface area contributed by atoms with Crippen molar-refractivity contribution in [1.29, 1.82) is 0 Å². The molecule has 130 valence electrons. The number of imidazole rings is 1. The number of aromatic nitrogens is 3. The summed E-state index contributed by atoms with van der Waals surface area (Å²) in [7, 11) is 1.74. The van der Waals surface area contributed by atoms with Crippen LogP contribution in [0.1, 0.15) is 0 Å². The Kier molecular flexibility index (Phi) is 4.18. The second-order valence-electron chi connectivity index (χ2n) is 5.71. The molecule has 0 saturated heterocycles. The van der Waals surface area contributed by atoms with Gasteiger partial charge in [0.25, 0.3) is 0 Å². The Morgan fingerprint density at radius 2 is 1.65 bits per heavy atom. The molecule has 0 aliphatic carbocycles. The van der Waals surface area contributed by atoms with Gasteiger partial charge in [0.05, 0.1) is 33.0 Å². The van der Waals surface area contributed by atoms with Gasteiger partial charge >= 0.3 is 5.69 Å². The number of ether oxygens (including phenoxy) is 1. The van der Waals surface area contributed by atoms with E-state index in [1.807, 2.05) is 18.2 Å². The van der Waals surface area contributed by atoms with Gasteiger partial charge in [-0.1, -0.05) is 23.2 Å². The molecule has 0 aliphatic rings. The lowest BCUT2D eigenvalue weighted by Crippen LogP contribution is -2.20. The maximum absolute atomic E-state index is 12.6. The molecule has 4 rings (SSSR count). The Bertz CT molecular complexity index is 1160. The number of pyridine rings is 1. The number of halogens is 2. The van der Waals surface area contributed by atoms with Crippen LogP contribution in [-0.4, -0.2) is 14.1 Å². The van der Waals surface area contributed by atoms with Crippen molar-refractivity contribution in [2.75, 3.05) is 0 Å². The number of hydrogen-bond donors (Lipinski definition) is 0. The summed E-state index contributed by atoms with van der Waals surface area (Å²) in [6, 6.07) is 14.1. The third kappa shape index (κ3) is 2.85. The molecule has 26 heavy (non-hydrogen) atoms. The van der Waals surface area contributed by atoms with Crippen molar-refractivity contribution in [3.63, 3.8) is 0 Å². The maximum Gasteiger partial charge on any atom is 0.333 e. The Morgan fingerprint density at radius 1 is 0.923 bits per heavy atom. The molecule has 0 atom stereocenters. The first-order chi connectivity index (χ1) is 12.5. The largest absolute Gasteiger partial charge is 0.457 e. The first kappa shape index (κ1) is 16.7. The lowest BCUT2D eigenvalue weighted by molar-refractivity contribution is 0.482. The van der Waals surface area contributed by atoms with Crippen LogP contribution in [-0.2, 0) is 7.05 Å². The predicted molar refractivity (Wildman–Crippen MR) is 103 cm³/mol. The average molecular weight is 386 g/mol. The lowest BCUT2D eigenvalue weighted by Gasteiger charge is -2.08. The van der Waals surface area contributed by atoms with Gasteiger partial charge in [-0.05, 0) is 42.5 Å². The average Bonchev–Trinajstić information content (AvgIpc) is 2.90. The van der Waals surface area contributed by atoms with E-state index < -0.39 is 0 Å². The van der Waals surface area contributed by atoms with Crippen LogP contribution in [0.3, 0.4) is 0 Å². The number of benzene rings is 2. The molecule has 0 amide bonds. The maximum atomic E-state index is 12.6. The van der Waals surface area contributed by atoms with E-state index in [4.69, 9.17) is 27.9 Å². The van der Waals surface area contributed by atoms with Gasteiger partial charge in [-0.3, -0.25) is 14.1 Å². The molecule has 0 spiro atoms. The number of nitrogens with zero attached hydrogens (tertiary/aromatic N) is 3. The van der Waals surface area contributed by atoms with Gasteiger partial charge in [0.2, 0.25) is 0 Å². The highest BCUT2D eigenvalue weighted by atomic mass is 35.5. The Labute approximate surface area is 159 Å². The van der Waals surface area contributed by atoms with Crippen LogP contribution in [0.2, 0.25) is 10.0 Å². The van der Waals surface area contributed by atoms with E-state index in [1.54, 1.807) is 58.9 Å². The number of aryl methyl sites for hydroxylation is 1. The van der Waals surface area contributed by atoms with Crippen LogP contribution in [0.15, 0.2) is 65.7 Å². The minimum atomic E-state index is -0.133. The number of hydrogen-bond acceptors (Lipinski definition) is 3. The summed E-state index contributed by atoms with van der Waals surface area (Å²) in [5.74, 6) is 1.21. The smallest absolute Gasteiger partial charge is 0.333 e. The van der Waals surface area contributed by atoms with Gasteiger partial charge in [0.15, 0.2) is 0 Å². The molecular formula is C19H13Cl2N3O2. The van der Waals surface area contributed by atoms with E-state index in [2.05, 4.69) is 4.98 Å². The zero-order valence-corrected chi connectivity index (χ0v) is 15.2. The molecule has 2 aromatic carbocycles. The molecule has 5 nitrogen and oxygen atoms in total. The summed E-state index contributed by atoms with van der Waals surface area (Å²) < 4.78 is 8.99. The normalized spacial score (nSPS) is 11.0. The summed E-state index contributed by atoms with van der Waals surface area (Å²) in [5, 5.41) is 0.897. The van der Waals surface area contributed by atoms with E-state index in [9.17, 15) is 4.79 Å². The number of rotatable bonds is 3. The Balaban J connectivity index is 1.69. The van der Waals surface area contributed by atoms with Crippen molar-refractivity contribution in [2.45, 2.75) is 0 Å². The summed E-state index contributed by atoms with van der Waals surface area (Å²) in [5.41, 5.74) is 2.17. The van der Waals surface area contributed by atoms with Gasteiger partial charge in [0.1, 0.15) is 11.5 Å². The third-order valence-electron chi connectivity index (χ3n) is 4.08. The van der Waals surface area contributed by atoms with Crippen molar-refractivity contribution in [3.8, 4) is 17.2 Å². The van der Waals surface area contributed by atoms with Crippen LogP contribution >= 0.6 is 23.2 Å². The fourth-order valence-electron chi connectivity index (χ4n) is 2.78. The van der Waals surface area contributed by atoms with Gasteiger partial charge in [-0.25, -0.2) is 4.79 Å². The molecule has 2 aromatic heterocycles. The van der Waals surface area contributed by atoms with Gasteiger partial charge < -0.3 is 4.74 Å². The summed E-state index contributed by atoms with van der Waals surface area (Å²) in [6.45, 7) is 0. The standard InChI is InChI=1S/C19H13Cl2N3O2/c1-23-17-8-9-22-11-18(17)24(19(23)25)12-2-4-13(5-3-12)26-14-6-7-15(20)16(21)10-14/h2-11H,1H3. The second-order valence-corrected chi connectivity index (χ2v) is 6.53. The molecule has 0 fully saturated rings. The number of fused-ring (bicyclic) bond motifs is 1.